The maximum absolute atomic E-state index is 6.08. The van der Waals surface area contributed by atoms with Gasteiger partial charge in [-0.15, -0.1) is 0 Å². The maximum Gasteiger partial charge on any atom is 0.193 e. The number of likely N-dealkylation sites (tertiary alicyclic amines) is 1. The molecule has 2 aliphatic heterocycles. The van der Waals surface area contributed by atoms with E-state index in [0.717, 1.165) is 51.2 Å². The minimum absolute atomic E-state index is 0.291. The average Bonchev–Trinajstić information content (AvgIpc) is 3.36. The van der Waals surface area contributed by atoms with E-state index in [1.807, 2.05) is 7.05 Å². The molecule has 0 amide bonds. The SMILES string of the molecule is CN=C(NCCC1CC1)N1CC2OCCN(Cc3ccccc3)C2C1. The molecule has 2 atom stereocenters. The van der Waals surface area contributed by atoms with E-state index in [1.54, 1.807) is 0 Å². The lowest BCUT2D eigenvalue weighted by molar-refractivity contribution is -0.0502. The van der Waals surface area contributed by atoms with Crippen molar-refractivity contribution < 1.29 is 4.74 Å². The van der Waals surface area contributed by atoms with E-state index in [-0.39, 0.29) is 0 Å². The van der Waals surface area contributed by atoms with Crippen LogP contribution in [0.25, 0.3) is 0 Å². The van der Waals surface area contributed by atoms with Gasteiger partial charge in [0.2, 0.25) is 0 Å². The average molecular weight is 342 g/mol. The number of hydrogen-bond donors (Lipinski definition) is 1. The van der Waals surface area contributed by atoms with Crippen molar-refractivity contribution in [1.82, 2.24) is 15.1 Å². The Morgan fingerprint density at radius 2 is 2.08 bits per heavy atom. The standard InChI is InChI=1S/C20H30N4O/c1-21-20(22-10-9-16-7-8-16)24-14-18-19(15-24)25-12-11-23(18)13-17-5-3-2-4-6-17/h2-6,16,18-19H,7-15H2,1H3,(H,21,22). The van der Waals surface area contributed by atoms with Gasteiger partial charge in [-0.25, -0.2) is 0 Å². The van der Waals surface area contributed by atoms with Gasteiger partial charge in [0, 0.05) is 39.8 Å². The Morgan fingerprint density at radius 3 is 2.84 bits per heavy atom. The summed E-state index contributed by atoms with van der Waals surface area (Å²) in [7, 11) is 1.89. The van der Waals surface area contributed by atoms with Gasteiger partial charge in [0.15, 0.2) is 5.96 Å². The van der Waals surface area contributed by atoms with Gasteiger partial charge in [-0.3, -0.25) is 9.89 Å². The van der Waals surface area contributed by atoms with E-state index in [1.165, 1.54) is 24.8 Å². The highest BCUT2D eigenvalue weighted by molar-refractivity contribution is 5.80. The molecule has 4 rings (SSSR count). The van der Waals surface area contributed by atoms with Gasteiger partial charge in [-0.1, -0.05) is 43.2 Å². The number of benzene rings is 1. The molecular formula is C20H30N4O. The lowest BCUT2D eigenvalue weighted by atomic mass is 10.1. The van der Waals surface area contributed by atoms with Crippen LogP contribution in [0.5, 0.6) is 0 Å². The van der Waals surface area contributed by atoms with Crippen molar-refractivity contribution in [2.45, 2.75) is 38.0 Å². The number of hydrogen-bond acceptors (Lipinski definition) is 3. The fourth-order valence-corrected chi connectivity index (χ4v) is 4.07. The lowest BCUT2D eigenvalue weighted by Gasteiger charge is -2.36. The zero-order chi connectivity index (χ0) is 17.1. The second-order valence-electron chi connectivity index (χ2n) is 7.54. The van der Waals surface area contributed by atoms with E-state index >= 15 is 0 Å². The van der Waals surface area contributed by atoms with Gasteiger partial charge >= 0.3 is 0 Å². The molecule has 0 bridgehead atoms. The molecule has 3 aliphatic rings. The van der Waals surface area contributed by atoms with Crippen LogP contribution in [0.4, 0.5) is 0 Å². The van der Waals surface area contributed by atoms with Gasteiger partial charge < -0.3 is 15.0 Å². The molecule has 1 aliphatic carbocycles. The molecule has 1 aromatic carbocycles. The number of aliphatic imine (C=N–C) groups is 1. The quantitative estimate of drug-likeness (QED) is 0.656. The van der Waals surface area contributed by atoms with Crippen molar-refractivity contribution in [2.24, 2.45) is 10.9 Å². The van der Waals surface area contributed by atoms with Crippen molar-refractivity contribution in [3.8, 4) is 0 Å². The first-order chi connectivity index (χ1) is 12.3. The third-order valence-corrected chi connectivity index (χ3v) is 5.69. The molecule has 0 spiro atoms. The van der Waals surface area contributed by atoms with Crippen molar-refractivity contribution in [1.29, 1.82) is 0 Å². The molecule has 5 nitrogen and oxygen atoms in total. The molecule has 5 heteroatoms. The van der Waals surface area contributed by atoms with E-state index in [2.05, 4.69) is 50.4 Å². The van der Waals surface area contributed by atoms with Gasteiger partial charge in [0.1, 0.15) is 0 Å². The van der Waals surface area contributed by atoms with Crippen molar-refractivity contribution in [2.75, 3.05) is 39.8 Å². The van der Waals surface area contributed by atoms with Crippen LogP contribution in [-0.2, 0) is 11.3 Å². The van der Waals surface area contributed by atoms with E-state index in [4.69, 9.17) is 4.74 Å². The Kier molecular flexibility index (Phi) is 5.22. The summed E-state index contributed by atoms with van der Waals surface area (Å²) in [5.74, 6) is 2.00. The van der Waals surface area contributed by atoms with Gasteiger partial charge in [-0.2, -0.15) is 0 Å². The number of morpholine rings is 1. The topological polar surface area (TPSA) is 40.1 Å². The lowest BCUT2D eigenvalue weighted by Crippen LogP contribution is -2.50. The van der Waals surface area contributed by atoms with E-state index in [0.29, 0.717) is 12.1 Å². The van der Waals surface area contributed by atoms with Gasteiger partial charge in [0.05, 0.1) is 18.8 Å². The number of nitrogens with zero attached hydrogens (tertiary/aromatic N) is 3. The van der Waals surface area contributed by atoms with Crippen molar-refractivity contribution in [3.05, 3.63) is 35.9 Å². The summed E-state index contributed by atoms with van der Waals surface area (Å²) < 4.78 is 6.08. The third-order valence-electron chi connectivity index (χ3n) is 5.69. The zero-order valence-corrected chi connectivity index (χ0v) is 15.2. The molecule has 0 aromatic heterocycles. The molecule has 25 heavy (non-hydrogen) atoms. The molecule has 1 saturated carbocycles. The summed E-state index contributed by atoms with van der Waals surface area (Å²) in [6, 6.07) is 11.2. The van der Waals surface area contributed by atoms with Crippen LogP contribution in [-0.4, -0.2) is 67.7 Å². The Morgan fingerprint density at radius 1 is 1.24 bits per heavy atom. The van der Waals surface area contributed by atoms with Crippen LogP contribution in [0.15, 0.2) is 35.3 Å². The number of fused-ring (bicyclic) bond motifs is 1. The highest BCUT2D eigenvalue weighted by Crippen LogP contribution is 2.31. The summed E-state index contributed by atoms with van der Waals surface area (Å²) in [6.45, 7) is 5.83. The molecule has 3 fully saturated rings. The number of ether oxygens (including phenoxy) is 1. The summed E-state index contributed by atoms with van der Waals surface area (Å²) in [6.07, 6.45) is 4.39. The van der Waals surface area contributed by atoms with Gasteiger partial charge in [0.25, 0.3) is 0 Å². The Bertz CT molecular complexity index is 587. The summed E-state index contributed by atoms with van der Waals surface area (Å²) >= 11 is 0. The smallest absolute Gasteiger partial charge is 0.193 e. The van der Waals surface area contributed by atoms with E-state index in [9.17, 15) is 0 Å². The minimum atomic E-state index is 0.291. The highest BCUT2D eigenvalue weighted by atomic mass is 16.5. The minimum Gasteiger partial charge on any atom is -0.373 e. The van der Waals surface area contributed by atoms with Crippen LogP contribution in [0.1, 0.15) is 24.8 Å². The fourth-order valence-electron chi connectivity index (χ4n) is 4.07. The molecule has 2 unspecified atom stereocenters. The Balaban J connectivity index is 1.35. The molecule has 1 N–H and O–H groups in total. The Labute approximate surface area is 151 Å². The Hall–Kier alpha value is -1.59. The highest BCUT2D eigenvalue weighted by Gasteiger charge is 2.41. The van der Waals surface area contributed by atoms with Crippen molar-refractivity contribution >= 4 is 5.96 Å². The second kappa shape index (κ2) is 7.75. The number of rotatable bonds is 5. The third kappa shape index (κ3) is 4.15. The molecule has 2 heterocycles. The summed E-state index contributed by atoms with van der Waals surface area (Å²) in [5, 5.41) is 3.56. The summed E-state index contributed by atoms with van der Waals surface area (Å²) in [4.78, 5) is 9.48. The molecule has 0 radical (unpaired) electrons. The first-order valence-electron chi connectivity index (χ1n) is 9.68. The number of nitrogens with one attached hydrogen (secondary N) is 1. The van der Waals surface area contributed by atoms with Crippen LogP contribution in [0, 0.1) is 5.92 Å². The fraction of sp³-hybridized carbons (Fsp3) is 0.650. The monoisotopic (exact) mass is 342 g/mol. The molecule has 1 aromatic rings. The summed E-state index contributed by atoms with van der Waals surface area (Å²) in [5.41, 5.74) is 1.38. The second-order valence-corrected chi connectivity index (χ2v) is 7.54. The predicted molar refractivity (Wildman–Crippen MR) is 101 cm³/mol. The first-order valence-corrected chi connectivity index (χ1v) is 9.68. The normalized spacial score (nSPS) is 27.4. The zero-order valence-electron chi connectivity index (χ0n) is 15.2. The van der Waals surface area contributed by atoms with Crippen molar-refractivity contribution in [3.63, 3.8) is 0 Å². The molecule has 136 valence electrons. The molecule has 2 saturated heterocycles. The largest absolute Gasteiger partial charge is 0.373 e. The first kappa shape index (κ1) is 16.9. The maximum atomic E-state index is 6.08. The van der Waals surface area contributed by atoms with Crippen LogP contribution >= 0.6 is 0 Å². The molecular weight excluding hydrogens is 312 g/mol. The van der Waals surface area contributed by atoms with Crippen LogP contribution in [0.2, 0.25) is 0 Å². The van der Waals surface area contributed by atoms with Crippen LogP contribution in [0.3, 0.4) is 0 Å². The van der Waals surface area contributed by atoms with E-state index < -0.39 is 0 Å². The van der Waals surface area contributed by atoms with Gasteiger partial charge in [-0.05, 0) is 17.9 Å². The van der Waals surface area contributed by atoms with Crippen LogP contribution < -0.4 is 5.32 Å². The number of guanidine groups is 1. The predicted octanol–water partition coefficient (Wildman–Crippen LogP) is 1.95.